The summed E-state index contributed by atoms with van der Waals surface area (Å²) in [5.41, 5.74) is 6.93. The minimum Gasteiger partial charge on any atom is -0.380 e. The minimum atomic E-state index is 0.133. The molecule has 0 radical (unpaired) electrons. The topological polar surface area (TPSA) is 38.5 Å². The van der Waals surface area contributed by atoms with E-state index >= 15 is 0 Å². The SMILES string of the molecule is CN1CCCC(C2(C3(N)CC3)COC2)C1. The molecule has 0 aromatic rings. The Kier molecular flexibility index (Phi) is 2.14. The molecule has 1 aliphatic carbocycles. The van der Waals surface area contributed by atoms with Crippen LogP contribution in [0.5, 0.6) is 0 Å². The summed E-state index contributed by atoms with van der Waals surface area (Å²) in [5.74, 6) is 0.775. The van der Waals surface area contributed by atoms with E-state index in [4.69, 9.17) is 10.5 Å². The molecule has 1 unspecified atom stereocenters. The molecule has 1 saturated carbocycles. The maximum absolute atomic E-state index is 6.46. The zero-order chi connectivity index (χ0) is 10.5. The summed E-state index contributed by atoms with van der Waals surface area (Å²) in [6, 6.07) is 0. The number of rotatable bonds is 2. The fraction of sp³-hybridized carbons (Fsp3) is 1.00. The summed E-state index contributed by atoms with van der Waals surface area (Å²) < 4.78 is 5.49. The average molecular weight is 210 g/mol. The second-order valence-electron chi connectivity index (χ2n) is 5.91. The molecule has 2 N–H and O–H groups in total. The summed E-state index contributed by atoms with van der Waals surface area (Å²) in [5, 5.41) is 0. The van der Waals surface area contributed by atoms with Crippen LogP contribution >= 0.6 is 0 Å². The van der Waals surface area contributed by atoms with Gasteiger partial charge in [-0.15, -0.1) is 0 Å². The van der Waals surface area contributed by atoms with Gasteiger partial charge in [-0.1, -0.05) is 0 Å². The zero-order valence-electron chi connectivity index (χ0n) is 9.67. The van der Waals surface area contributed by atoms with Gasteiger partial charge in [0.05, 0.1) is 13.2 Å². The summed E-state index contributed by atoms with van der Waals surface area (Å²) >= 11 is 0. The predicted octanol–water partition coefficient (Wildman–Crippen LogP) is 0.836. The third-order valence-corrected chi connectivity index (χ3v) is 4.91. The monoisotopic (exact) mass is 210 g/mol. The van der Waals surface area contributed by atoms with Crippen LogP contribution in [0.3, 0.4) is 0 Å². The van der Waals surface area contributed by atoms with E-state index in [0.717, 1.165) is 19.1 Å². The van der Waals surface area contributed by atoms with Crippen molar-refractivity contribution in [1.82, 2.24) is 4.90 Å². The molecule has 3 nitrogen and oxygen atoms in total. The highest BCUT2D eigenvalue weighted by molar-refractivity contribution is 5.17. The third kappa shape index (κ3) is 1.37. The van der Waals surface area contributed by atoms with Crippen LogP contribution in [0.15, 0.2) is 0 Å². The van der Waals surface area contributed by atoms with Gasteiger partial charge in [0.15, 0.2) is 0 Å². The lowest BCUT2D eigenvalue weighted by Crippen LogP contribution is -2.63. The first-order chi connectivity index (χ1) is 7.16. The van der Waals surface area contributed by atoms with Crippen LogP contribution in [0, 0.1) is 11.3 Å². The van der Waals surface area contributed by atoms with Crippen LogP contribution in [-0.2, 0) is 4.74 Å². The first-order valence-corrected chi connectivity index (χ1v) is 6.22. The van der Waals surface area contributed by atoms with Gasteiger partial charge < -0.3 is 15.4 Å². The Morgan fingerprint density at radius 2 is 2.07 bits per heavy atom. The molecule has 0 bridgehead atoms. The van der Waals surface area contributed by atoms with Gasteiger partial charge >= 0.3 is 0 Å². The lowest BCUT2D eigenvalue weighted by molar-refractivity contribution is -0.175. The van der Waals surface area contributed by atoms with E-state index in [1.54, 1.807) is 0 Å². The predicted molar refractivity (Wildman–Crippen MR) is 59.6 cm³/mol. The smallest absolute Gasteiger partial charge is 0.0565 e. The highest BCUT2D eigenvalue weighted by Gasteiger charge is 2.63. The minimum absolute atomic E-state index is 0.133. The van der Waals surface area contributed by atoms with Crippen LogP contribution in [0.1, 0.15) is 25.7 Å². The number of ether oxygens (including phenoxy) is 1. The molecule has 2 saturated heterocycles. The highest BCUT2D eigenvalue weighted by atomic mass is 16.5. The Hall–Kier alpha value is -0.120. The lowest BCUT2D eigenvalue weighted by atomic mass is 9.64. The lowest BCUT2D eigenvalue weighted by Gasteiger charge is -2.53. The quantitative estimate of drug-likeness (QED) is 0.734. The molecule has 0 aromatic carbocycles. The van der Waals surface area contributed by atoms with Crippen molar-refractivity contribution in [3.63, 3.8) is 0 Å². The molecule has 86 valence electrons. The molecular weight excluding hydrogens is 188 g/mol. The van der Waals surface area contributed by atoms with Crippen molar-refractivity contribution >= 4 is 0 Å². The van der Waals surface area contributed by atoms with Gasteiger partial charge in [0.2, 0.25) is 0 Å². The number of nitrogens with zero attached hydrogens (tertiary/aromatic N) is 1. The van der Waals surface area contributed by atoms with Gasteiger partial charge in [0.25, 0.3) is 0 Å². The second kappa shape index (κ2) is 3.19. The van der Waals surface area contributed by atoms with Crippen molar-refractivity contribution < 1.29 is 4.74 Å². The molecule has 0 aromatic heterocycles. The highest BCUT2D eigenvalue weighted by Crippen LogP contribution is 2.57. The van der Waals surface area contributed by atoms with Gasteiger partial charge in [0.1, 0.15) is 0 Å². The molecule has 3 heteroatoms. The van der Waals surface area contributed by atoms with Gasteiger partial charge in [0, 0.05) is 17.5 Å². The molecule has 3 aliphatic rings. The van der Waals surface area contributed by atoms with Gasteiger partial charge in [-0.05, 0) is 45.2 Å². The zero-order valence-corrected chi connectivity index (χ0v) is 9.67. The van der Waals surface area contributed by atoms with Gasteiger partial charge in [-0.25, -0.2) is 0 Å². The number of likely N-dealkylation sites (tertiary alicyclic amines) is 1. The molecule has 3 fully saturated rings. The van der Waals surface area contributed by atoms with Gasteiger partial charge in [-0.3, -0.25) is 0 Å². The summed E-state index contributed by atoms with van der Waals surface area (Å²) in [7, 11) is 2.23. The first kappa shape index (κ1) is 10.1. The fourth-order valence-electron chi connectivity index (χ4n) is 3.50. The van der Waals surface area contributed by atoms with Crippen LogP contribution in [0.4, 0.5) is 0 Å². The van der Waals surface area contributed by atoms with Crippen LogP contribution in [0.2, 0.25) is 0 Å². The van der Waals surface area contributed by atoms with Crippen molar-refractivity contribution in [3.8, 4) is 0 Å². The number of piperidine rings is 1. The Bertz CT molecular complexity index is 258. The number of hydrogen-bond donors (Lipinski definition) is 1. The Morgan fingerprint density at radius 1 is 1.33 bits per heavy atom. The Balaban J connectivity index is 1.78. The third-order valence-electron chi connectivity index (χ3n) is 4.91. The number of nitrogens with two attached hydrogens (primary N) is 1. The molecular formula is C12H22N2O. The van der Waals surface area contributed by atoms with Crippen LogP contribution < -0.4 is 5.73 Å². The summed E-state index contributed by atoms with van der Waals surface area (Å²) in [6.07, 6.45) is 5.12. The van der Waals surface area contributed by atoms with Crippen molar-refractivity contribution in [1.29, 1.82) is 0 Å². The van der Waals surface area contributed by atoms with E-state index < -0.39 is 0 Å². The van der Waals surface area contributed by atoms with E-state index in [9.17, 15) is 0 Å². The Morgan fingerprint density at radius 3 is 2.53 bits per heavy atom. The Labute approximate surface area is 91.9 Å². The largest absolute Gasteiger partial charge is 0.380 e. The van der Waals surface area contributed by atoms with E-state index in [0.29, 0.717) is 5.41 Å². The van der Waals surface area contributed by atoms with Crippen LogP contribution in [0.25, 0.3) is 0 Å². The molecule has 0 amide bonds. The first-order valence-electron chi connectivity index (χ1n) is 6.22. The van der Waals surface area contributed by atoms with E-state index in [1.165, 1.54) is 38.8 Å². The standard InChI is InChI=1S/C12H22N2O/c1-14-6-2-3-10(7-14)11(8-15-9-11)12(13)4-5-12/h10H,2-9,13H2,1H3. The average Bonchev–Trinajstić information content (AvgIpc) is 2.82. The second-order valence-corrected chi connectivity index (χ2v) is 5.91. The van der Waals surface area contributed by atoms with Crippen LogP contribution in [-0.4, -0.2) is 43.8 Å². The van der Waals surface area contributed by atoms with E-state index in [-0.39, 0.29) is 5.54 Å². The molecule has 15 heavy (non-hydrogen) atoms. The number of hydrogen-bond acceptors (Lipinski definition) is 3. The molecule has 2 heterocycles. The van der Waals surface area contributed by atoms with E-state index in [1.807, 2.05) is 0 Å². The van der Waals surface area contributed by atoms with Crippen molar-refractivity contribution in [2.45, 2.75) is 31.2 Å². The maximum atomic E-state index is 6.46. The normalized spacial score (nSPS) is 38.4. The summed E-state index contributed by atoms with van der Waals surface area (Å²) in [6.45, 7) is 4.32. The van der Waals surface area contributed by atoms with E-state index in [2.05, 4.69) is 11.9 Å². The molecule has 1 atom stereocenters. The maximum Gasteiger partial charge on any atom is 0.0565 e. The van der Waals surface area contributed by atoms with Gasteiger partial charge in [-0.2, -0.15) is 0 Å². The van der Waals surface area contributed by atoms with Crippen molar-refractivity contribution in [2.75, 3.05) is 33.4 Å². The molecule has 3 rings (SSSR count). The van der Waals surface area contributed by atoms with Crippen molar-refractivity contribution in [3.05, 3.63) is 0 Å². The fourth-order valence-corrected chi connectivity index (χ4v) is 3.50. The van der Waals surface area contributed by atoms with Crippen molar-refractivity contribution in [2.24, 2.45) is 17.1 Å². The summed E-state index contributed by atoms with van der Waals surface area (Å²) in [4.78, 5) is 2.46. The molecule has 2 aliphatic heterocycles. The molecule has 0 spiro atoms.